The van der Waals surface area contributed by atoms with Crippen LogP contribution in [0.25, 0.3) is 0 Å². The fraction of sp³-hybridized carbons (Fsp3) is 0.583. The fourth-order valence-corrected chi connectivity index (χ4v) is 1.43. The second-order valence-corrected chi connectivity index (χ2v) is 4.50. The van der Waals surface area contributed by atoms with E-state index in [0.717, 1.165) is 19.0 Å². The van der Waals surface area contributed by atoms with Gasteiger partial charge < -0.3 is 9.47 Å². The first-order valence-corrected chi connectivity index (χ1v) is 5.77. The first-order valence-electron chi connectivity index (χ1n) is 5.77. The molecule has 1 heterocycles. The molecule has 0 aliphatic heterocycles. The summed E-state index contributed by atoms with van der Waals surface area (Å²) in [6, 6.07) is 1.26. The van der Waals surface area contributed by atoms with E-state index in [0.29, 0.717) is 0 Å². The minimum Gasteiger partial charge on any atom is -0.489 e. The molecule has 6 heteroatoms. The standard InChI is InChI=1S/C12H14F3NO2/c1-7(2)17-9-5-10(18-8-3-4-8)11(16-6-9)12(13,14)15/h5-8H,3-4H2,1-2H3. The van der Waals surface area contributed by atoms with Crippen LogP contribution in [0.15, 0.2) is 12.3 Å². The zero-order valence-electron chi connectivity index (χ0n) is 10.1. The number of aromatic nitrogens is 1. The lowest BCUT2D eigenvalue weighted by Crippen LogP contribution is -2.13. The molecule has 1 aromatic heterocycles. The zero-order chi connectivity index (χ0) is 13.3. The van der Waals surface area contributed by atoms with Crippen molar-refractivity contribution in [3.63, 3.8) is 0 Å². The van der Waals surface area contributed by atoms with Crippen LogP contribution in [0.4, 0.5) is 13.2 Å². The largest absolute Gasteiger partial charge is 0.489 e. The predicted octanol–water partition coefficient (Wildman–Crippen LogP) is 3.43. The van der Waals surface area contributed by atoms with E-state index < -0.39 is 11.9 Å². The highest BCUT2D eigenvalue weighted by Crippen LogP contribution is 2.39. The van der Waals surface area contributed by atoms with Crippen molar-refractivity contribution in [2.24, 2.45) is 0 Å². The van der Waals surface area contributed by atoms with E-state index in [9.17, 15) is 13.2 Å². The van der Waals surface area contributed by atoms with Gasteiger partial charge in [-0.15, -0.1) is 0 Å². The Balaban J connectivity index is 2.28. The Kier molecular flexibility index (Phi) is 3.36. The topological polar surface area (TPSA) is 31.4 Å². The van der Waals surface area contributed by atoms with Crippen molar-refractivity contribution >= 4 is 0 Å². The van der Waals surface area contributed by atoms with Crippen LogP contribution in [0.3, 0.4) is 0 Å². The third-order valence-electron chi connectivity index (χ3n) is 2.29. The van der Waals surface area contributed by atoms with Crippen molar-refractivity contribution in [1.29, 1.82) is 0 Å². The molecule has 0 unspecified atom stereocenters. The molecule has 18 heavy (non-hydrogen) atoms. The van der Waals surface area contributed by atoms with Crippen molar-refractivity contribution < 1.29 is 22.6 Å². The molecule has 0 spiro atoms. The highest BCUT2D eigenvalue weighted by molar-refractivity contribution is 5.37. The van der Waals surface area contributed by atoms with E-state index in [4.69, 9.17) is 9.47 Å². The quantitative estimate of drug-likeness (QED) is 0.832. The van der Waals surface area contributed by atoms with E-state index in [1.165, 1.54) is 6.07 Å². The van der Waals surface area contributed by atoms with Crippen molar-refractivity contribution in [2.75, 3.05) is 0 Å². The Labute approximate surface area is 103 Å². The van der Waals surface area contributed by atoms with Crippen LogP contribution >= 0.6 is 0 Å². The van der Waals surface area contributed by atoms with Crippen LogP contribution in [0.1, 0.15) is 32.4 Å². The van der Waals surface area contributed by atoms with Gasteiger partial charge in [0.2, 0.25) is 0 Å². The molecule has 0 saturated heterocycles. The SMILES string of the molecule is CC(C)Oc1cnc(C(F)(F)F)c(OC2CC2)c1. The molecule has 3 nitrogen and oxygen atoms in total. The average Bonchev–Trinajstić information content (AvgIpc) is 2.98. The molecular formula is C12H14F3NO2. The molecule has 1 aromatic rings. The Morgan fingerprint density at radius 1 is 1.33 bits per heavy atom. The van der Waals surface area contributed by atoms with Gasteiger partial charge in [-0.2, -0.15) is 13.2 Å². The van der Waals surface area contributed by atoms with E-state index in [1.807, 2.05) is 0 Å². The summed E-state index contributed by atoms with van der Waals surface area (Å²) in [5, 5.41) is 0. The molecular weight excluding hydrogens is 247 g/mol. The van der Waals surface area contributed by atoms with Crippen molar-refractivity contribution in [1.82, 2.24) is 4.98 Å². The number of pyridine rings is 1. The number of alkyl halides is 3. The Morgan fingerprint density at radius 2 is 2.00 bits per heavy atom. The van der Waals surface area contributed by atoms with Crippen LogP contribution < -0.4 is 9.47 Å². The van der Waals surface area contributed by atoms with Crippen LogP contribution in [-0.4, -0.2) is 17.2 Å². The summed E-state index contributed by atoms with van der Waals surface area (Å²) < 4.78 is 48.7. The fourth-order valence-electron chi connectivity index (χ4n) is 1.43. The summed E-state index contributed by atoms with van der Waals surface area (Å²) >= 11 is 0. The van der Waals surface area contributed by atoms with Crippen molar-refractivity contribution in [2.45, 2.75) is 45.1 Å². The summed E-state index contributed by atoms with van der Waals surface area (Å²) in [4.78, 5) is 3.41. The van der Waals surface area contributed by atoms with Gasteiger partial charge in [-0.05, 0) is 26.7 Å². The molecule has 0 aromatic carbocycles. The molecule has 0 radical (unpaired) electrons. The second-order valence-electron chi connectivity index (χ2n) is 4.50. The van der Waals surface area contributed by atoms with Gasteiger partial charge in [-0.1, -0.05) is 0 Å². The monoisotopic (exact) mass is 261 g/mol. The van der Waals surface area contributed by atoms with Gasteiger partial charge in [-0.25, -0.2) is 4.98 Å². The van der Waals surface area contributed by atoms with E-state index in [2.05, 4.69) is 4.98 Å². The summed E-state index contributed by atoms with van der Waals surface area (Å²) in [5.41, 5.74) is -0.995. The molecule has 0 amide bonds. The van der Waals surface area contributed by atoms with Gasteiger partial charge in [-0.3, -0.25) is 0 Å². The first kappa shape index (κ1) is 13.0. The Bertz CT molecular complexity index is 428. The zero-order valence-corrected chi connectivity index (χ0v) is 10.1. The molecule has 1 saturated carbocycles. The van der Waals surface area contributed by atoms with E-state index in [-0.39, 0.29) is 23.7 Å². The van der Waals surface area contributed by atoms with Gasteiger partial charge in [0.15, 0.2) is 11.4 Å². The van der Waals surface area contributed by atoms with Gasteiger partial charge in [0.1, 0.15) is 5.75 Å². The summed E-state index contributed by atoms with van der Waals surface area (Å²) in [6.45, 7) is 3.58. The van der Waals surface area contributed by atoms with E-state index in [1.54, 1.807) is 13.8 Å². The minimum atomic E-state index is -4.51. The molecule has 0 N–H and O–H groups in total. The molecule has 2 rings (SSSR count). The normalized spacial score (nSPS) is 15.9. The number of hydrogen-bond donors (Lipinski definition) is 0. The second kappa shape index (κ2) is 4.66. The predicted molar refractivity (Wildman–Crippen MR) is 58.7 cm³/mol. The molecule has 100 valence electrons. The van der Waals surface area contributed by atoms with Gasteiger partial charge in [0.05, 0.1) is 18.4 Å². The van der Waals surface area contributed by atoms with Crippen molar-refractivity contribution in [3.8, 4) is 11.5 Å². The third-order valence-corrected chi connectivity index (χ3v) is 2.29. The van der Waals surface area contributed by atoms with Crippen LogP contribution in [0.5, 0.6) is 11.5 Å². The lowest BCUT2D eigenvalue weighted by molar-refractivity contribution is -0.142. The molecule has 1 aliphatic carbocycles. The van der Waals surface area contributed by atoms with Gasteiger partial charge in [0.25, 0.3) is 0 Å². The molecule has 1 aliphatic rings. The van der Waals surface area contributed by atoms with Crippen LogP contribution in [-0.2, 0) is 6.18 Å². The number of rotatable bonds is 4. The minimum absolute atomic E-state index is 0.123. The highest BCUT2D eigenvalue weighted by Gasteiger charge is 2.38. The number of nitrogens with zero attached hydrogens (tertiary/aromatic N) is 1. The van der Waals surface area contributed by atoms with Crippen molar-refractivity contribution in [3.05, 3.63) is 18.0 Å². The summed E-state index contributed by atoms with van der Waals surface area (Å²) in [7, 11) is 0. The Hall–Kier alpha value is -1.46. The lowest BCUT2D eigenvalue weighted by Gasteiger charge is -2.15. The van der Waals surface area contributed by atoms with Crippen LogP contribution in [0.2, 0.25) is 0 Å². The maximum atomic E-state index is 12.7. The number of halogens is 3. The first-order chi connectivity index (χ1) is 8.36. The van der Waals surface area contributed by atoms with Gasteiger partial charge >= 0.3 is 6.18 Å². The summed E-state index contributed by atoms with van der Waals surface area (Å²) in [5.74, 6) is 0.0387. The van der Waals surface area contributed by atoms with E-state index >= 15 is 0 Å². The maximum absolute atomic E-state index is 12.7. The third kappa shape index (κ3) is 3.27. The smallest absolute Gasteiger partial charge is 0.437 e. The van der Waals surface area contributed by atoms with Crippen LogP contribution in [0, 0.1) is 0 Å². The lowest BCUT2D eigenvalue weighted by atomic mass is 10.3. The number of ether oxygens (including phenoxy) is 2. The molecule has 0 atom stereocenters. The average molecular weight is 261 g/mol. The summed E-state index contributed by atoms with van der Waals surface area (Å²) in [6.07, 6.45) is -2.12. The maximum Gasteiger partial charge on any atom is 0.437 e. The van der Waals surface area contributed by atoms with Gasteiger partial charge in [0, 0.05) is 6.07 Å². The number of hydrogen-bond acceptors (Lipinski definition) is 3. The highest BCUT2D eigenvalue weighted by atomic mass is 19.4. The Morgan fingerprint density at radius 3 is 2.50 bits per heavy atom. The molecule has 1 fully saturated rings. The molecule has 0 bridgehead atoms.